The number of carbonyl (C=O) groups excluding carboxylic acids is 1. The zero-order chi connectivity index (χ0) is 19.0. The summed E-state index contributed by atoms with van der Waals surface area (Å²) in [6.07, 6.45) is 2.13. The number of ether oxygens (including phenoxy) is 1. The minimum Gasteiger partial charge on any atom is -0.508 e. The van der Waals surface area contributed by atoms with E-state index in [9.17, 15) is 9.90 Å². The molecule has 2 rings (SSSR count). The van der Waals surface area contributed by atoms with Crippen molar-refractivity contribution in [2.24, 2.45) is 10.8 Å². The molecule has 25 heavy (non-hydrogen) atoms. The van der Waals surface area contributed by atoms with Gasteiger partial charge in [-0.3, -0.25) is 4.79 Å². The largest absolute Gasteiger partial charge is 0.508 e. The van der Waals surface area contributed by atoms with Crippen LogP contribution in [0.1, 0.15) is 47.1 Å². The normalized spacial score (nSPS) is 15.2. The molecular weight excluding hydrogens is 316 g/mol. The van der Waals surface area contributed by atoms with E-state index in [1.165, 1.54) is 0 Å². The maximum absolute atomic E-state index is 12.5. The quantitative estimate of drug-likeness (QED) is 0.743. The molecule has 1 aromatic carbocycles. The molecule has 0 fully saturated rings. The molecule has 0 amide bonds. The van der Waals surface area contributed by atoms with Gasteiger partial charge in [-0.1, -0.05) is 20.8 Å². The highest BCUT2D eigenvalue weighted by atomic mass is 16.5. The van der Waals surface area contributed by atoms with Crippen LogP contribution in [0.4, 0.5) is 0 Å². The topological polar surface area (TPSA) is 90.0 Å². The van der Waals surface area contributed by atoms with Gasteiger partial charge in [0.05, 0.1) is 5.41 Å². The molecule has 5 nitrogen and oxygen atoms in total. The highest BCUT2D eigenvalue weighted by molar-refractivity contribution is 5.84. The van der Waals surface area contributed by atoms with Crippen molar-refractivity contribution in [2.75, 3.05) is 0 Å². The molecule has 0 aliphatic rings. The van der Waals surface area contributed by atoms with E-state index in [0.717, 1.165) is 16.5 Å². The molecule has 0 spiro atoms. The van der Waals surface area contributed by atoms with Crippen molar-refractivity contribution in [3.8, 4) is 5.75 Å². The number of benzene rings is 1. The lowest BCUT2D eigenvalue weighted by Crippen LogP contribution is -2.72. The van der Waals surface area contributed by atoms with Crippen LogP contribution in [0.2, 0.25) is 0 Å². The van der Waals surface area contributed by atoms with Gasteiger partial charge in [0.25, 0.3) is 0 Å². The van der Waals surface area contributed by atoms with Crippen LogP contribution in [0.15, 0.2) is 24.4 Å². The number of aromatic amines is 1. The summed E-state index contributed by atoms with van der Waals surface area (Å²) in [4.78, 5) is 15.7. The fourth-order valence-electron chi connectivity index (χ4n) is 2.69. The van der Waals surface area contributed by atoms with Gasteiger partial charge in [-0.05, 0) is 44.5 Å². The van der Waals surface area contributed by atoms with Gasteiger partial charge in [0.2, 0.25) is 0 Å². The monoisotopic (exact) mass is 347 g/mol. The van der Waals surface area contributed by atoms with Gasteiger partial charge in [-0.2, -0.15) is 0 Å². The summed E-state index contributed by atoms with van der Waals surface area (Å²) in [5, 5.41) is 10.7. The first-order chi connectivity index (χ1) is 11.4. The van der Waals surface area contributed by atoms with Gasteiger partial charge in [-0.25, -0.2) is 0 Å². The Morgan fingerprint density at radius 3 is 2.44 bits per heavy atom. The minimum absolute atomic E-state index is 0.0685. The Bertz CT molecular complexity index is 750. The molecule has 0 saturated carbocycles. The van der Waals surface area contributed by atoms with Crippen LogP contribution >= 0.6 is 0 Å². The lowest BCUT2D eigenvalue weighted by Gasteiger charge is -2.32. The number of aromatic hydroxyl groups is 1. The molecule has 138 valence electrons. The second kappa shape index (κ2) is 6.71. The van der Waals surface area contributed by atoms with Crippen molar-refractivity contribution < 1.29 is 20.4 Å². The maximum Gasteiger partial charge on any atom is 0.311 e. The standard InChI is InChI=1S/C20H30N2O3/c1-19(2,3)17(21)16(25-18(24)20(4,5)6)9-12-11-22-15-8-7-13(23)10-14(12)15/h7-8,10-11,16-17,22-23H,9,21H2,1-6H3/p+1. The number of aromatic nitrogens is 1. The number of nitrogens with one attached hydrogen (secondary N) is 1. The molecule has 0 aliphatic heterocycles. The van der Waals surface area contributed by atoms with Crippen molar-refractivity contribution in [3.63, 3.8) is 0 Å². The summed E-state index contributed by atoms with van der Waals surface area (Å²) in [6.45, 7) is 11.9. The molecule has 1 aromatic heterocycles. The number of esters is 1. The van der Waals surface area contributed by atoms with E-state index in [-0.39, 0.29) is 29.3 Å². The van der Waals surface area contributed by atoms with Crippen LogP contribution in [0, 0.1) is 10.8 Å². The second-order valence-corrected chi connectivity index (χ2v) is 8.91. The number of hydrogen-bond acceptors (Lipinski definition) is 3. The van der Waals surface area contributed by atoms with E-state index in [0.29, 0.717) is 6.42 Å². The Morgan fingerprint density at radius 2 is 1.88 bits per heavy atom. The third-order valence-electron chi connectivity index (χ3n) is 4.60. The van der Waals surface area contributed by atoms with Crippen LogP contribution in [-0.4, -0.2) is 28.2 Å². The lowest BCUT2D eigenvalue weighted by molar-refractivity contribution is -0.460. The van der Waals surface area contributed by atoms with Crippen molar-refractivity contribution in [1.29, 1.82) is 0 Å². The highest BCUT2D eigenvalue weighted by Gasteiger charge is 2.37. The van der Waals surface area contributed by atoms with Crippen molar-refractivity contribution in [1.82, 2.24) is 4.98 Å². The van der Waals surface area contributed by atoms with Crippen LogP contribution < -0.4 is 5.73 Å². The third-order valence-corrected chi connectivity index (χ3v) is 4.60. The first-order valence-corrected chi connectivity index (χ1v) is 8.72. The van der Waals surface area contributed by atoms with Crippen LogP contribution in [0.5, 0.6) is 5.75 Å². The minimum atomic E-state index is -0.561. The third kappa shape index (κ3) is 4.54. The number of rotatable bonds is 4. The van der Waals surface area contributed by atoms with Crippen molar-refractivity contribution >= 4 is 16.9 Å². The molecule has 2 aromatic rings. The van der Waals surface area contributed by atoms with E-state index < -0.39 is 5.41 Å². The lowest BCUT2D eigenvalue weighted by atomic mass is 9.82. The molecule has 0 radical (unpaired) electrons. The number of H-pyrrole nitrogens is 1. The summed E-state index contributed by atoms with van der Waals surface area (Å²) >= 11 is 0. The number of carbonyl (C=O) groups is 1. The fraction of sp³-hybridized carbons (Fsp3) is 0.550. The molecule has 0 aliphatic carbocycles. The van der Waals surface area contributed by atoms with Crippen LogP contribution in [0.25, 0.3) is 10.9 Å². The number of hydrogen-bond donors (Lipinski definition) is 3. The number of phenolic OH excluding ortho intramolecular Hbond substituents is 1. The maximum atomic E-state index is 12.5. The Labute approximate surface area is 149 Å². The Morgan fingerprint density at radius 1 is 1.24 bits per heavy atom. The zero-order valence-electron chi connectivity index (χ0n) is 16.1. The molecule has 1 heterocycles. The Kier molecular flexibility index (Phi) is 5.19. The van der Waals surface area contributed by atoms with E-state index in [1.54, 1.807) is 12.1 Å². The van der Waals surface area contributed by atoms with Gasteiger partial charge in [0.15, 0.2) is 6.10 Å². The predicted octanol–water partition coefficient (Wildman–Crippen LogP) is 3.03. The SMILES string of the molecule is CC(C)(C)C(=O)OC(Cc1c[nH]c2ccc(O)cc12)C([NH3+])C(C)(C)C. The van der Waals surface area contributed by atoms with Crippen LogP contribution in [0.3, 0.4) is 0 Å². The van der Waals surface area contributed by atoms with E-state index >= 15 is 0 Å². The van der Waals surface area contributed by atoms with Crippen molar-refractivity contribution in [2.45, 2.75) is 60.1 Å². The molecule has 5 N–H and O–H groups in total. The second-order valence-electron chi connectivity index (χ2n) is 8.91. The summed E-state index contributed by atoms with van der Waals surface area (Å²) in [5.41, 5.74) is 5.58. The van der Waals surface area contributed by atoms with Gasteiger partial charge >= 0.3 is 5.97 Å². The molecule has 0 saturated heterocycles. The molecule has 2 unspecified atom stereocenters. The van der Waals surface area contributed by atoms with Gasteiger partial charge in [0.1, 0.15) is 11.8 Å². The first kappa shape index (κ1) is 19.3. The summed E-state index contributed by atoms with van der Waals surface area (Å²) in [6, 6.07) is 5.16. The number of phenols is 1. The average molecular weight is 347 g/mol. The van der Waals surface area contributed by atoms with E-state index in [4.69, 9.17) is 4.74 Å². The van der Waals surface area contributed by atoms with E-state index in [2.05, 4.69) is 31.5 Å². The zero-order valence-corrected chi connectivity index (χ0v) is 16.1. The first-order valence-electron chi connectivity index (χ1n) is 8.72. The Balaban J connectivity index is 2.34. The van der Waals surface area contributed by atoms with Crippen LogP contribution in [-0.2, 0) is 16.0 Å². The van der Waals surface area contributed by atoms with E-state index in [1.807, 2.05) is 33.0 Å². The molecule has 5 heteroatoms. The average Bonchev–Trinajstić information content (AvgIpc) is 2.86. The number of fused-ring (bicyclic) bond motifs is 1. The summed E-state index contributed by atoms with van der Waals surface area (Å²) in [5.74, 6) is -0.00308. The summed E-state index contributed by atoms with van der Waals surface area (Å²) in [7, 11) is 0. The van der Waals surface area contributed by atoms with Gasteiger partial charge in [-0.15, -0.1) is 0 Å². The predicted molar refractivity (Wildman–Crippen MR) is 99.1 cm³/mol. The van der Waals surface area contributed by atoms with Gasteiger partial charge in [0, 0.05) is 28.9 Å². The van der Waals surface area contributed by atoms with Gasteiger partial charge < -0.3 is 20.6 Å². The highest BCUT2D eigenvalue weighted by Crippen LogP contribution is 2.29. The smallest absolute Gasteiger partial charge is 0.311 e. The Hall–Kier alpha value is -2.01. The number of quaternary nitrogens is 1. The molecular formula is C20H31N2O3+. The fourth-order valence-corrected chi connectivity index (χ4v) is 2.69. The summed E-state index contributed by atoms with van der Waals surface area (Å²) < 4.78 is 5.88. The molecule has 2 atom stereocenters. The van der Waals surface area contributed by atoms with Crippen molar-refractivity contribution in [3.05, 3.63) is 30.0 Å². The molecule has 0 bridgehead atoms.